The van der Waals surface area contributed by atoms with Crippen LogP contribution in [0.1, 0.15) is 32.1 Å². The minimum absolute atomic E-state index is 0.0660. The lowest BCUT2D eigenvalue weighted by Gasteiger charge is -2.46. The first-order chi connectivity index (χ1) is 7.90. The van der Waals surface area contributed by atoms with Crippen LogP contribution in [-0.4, -0.2) is 41.7 Å². The SMILES string of the molecule is O=C1CC2CCCC(C1)N2CC(F)(F)C(F)F. The molecule has 2 fully saturated rings. The molecule has 0 amide bonds. The van der Waals surface area contributed by atoms with Crippen LogP contribution in [0.15, 0.2) is 0 Å². The molecule has 2 bridgehead atoms. The molecule has 17 heavy (non-hydrogen) atoms. The normalized spacial score (nSPS) is 31.0. The first-order valence-corrected chi connectivity index (χ1v) is 5.83. The lowest BCUT2D eigenvalue weighted by Crippen LogP contribution is -2.56. The van der Waals surface area contributed by atoms with Crippen LogP contribution in [0, 0.1) is 0 Å². The maximum atomic E-state index is 13.1. The summed E-state index contributed by atoms with van der Waals surface area (Å²) in [6, 6.07) is -0.528. The van der Waals surface area contributed by atoms with Gasteiger partial charge in [0.05, 0.1) is 6.54 Å². The number of rotatable bonds is 3. The summed E-state index contributed by atoms with van der Waals surface area (Å²) in [5.74, 6) is -3.91. The van der Waals surface area contributed by atoms with E-state index in [4.69, 9.17) is 0 Å². The highest BCUT2D eigenvalue weighted by Gasteiger charge is 2.47. The Bertz CT molecular complexity index is 292. The number of alkyl halides is 4. The highest BCUT2D eigenvalue weighted by atomic mass is 19.3. The molecule has 2 rings (SSSR count). The van der Waals surface area contributed by atoms with E-state index in [1.54, 1.807) is 0 Å². The van der Waals surface area contributed by atoms with Gasteiger partial charge in [-0.25, -0.2) is 8.78 Å². The second-order valence-electron chi connectivity index (χ2n) is 4.92. The van der Waals surface area contributed by atoms with Crippen molar-refractivity contribution in [2.24, 2.45) is 0 Å². The van der Waals surface area contributed by atoms with E-state index in [1.807, 2.05) is 0 Å². The third kappa shape index (κ3) is 2.61. The molecule has 2 atom stereocenters. The minimum Gasteiger partial charge on any atom is -0.300 e. The van der Waals surface area contributed by atoms with Gasteiger partial charge in [-0.05, 0) is 12.8 Å². The fourth-order valence-corrected chi connectivity index (χ4v) is 2.84. The maximum Gasteiger partial charge on any atom is 0.319 e. The Kier molecular flexibility index (Phi) is 3.43. The summed E-state index contributed by atoms with van der Waals surface area (Å²) in [4.78, 5) is 12.8. The van der Waals surface area contributed by atoms with Crippen LogP contribution in [0.4, 0.5) is 17.6 Å². The number of halogens is 4. The van der Waals surface area contributed by atoms with Crippen molar-refractivity contribution in [2.45, 2.75) is 56.5 Å². The number of ketones is 1. The van der Waals surface area contributed by atoms with E-state index in [9.17, 15) is 22.4 Å². The number of carbonyl (C=O) groups excluding carboxylic acids is 1. The maximum absolute atomic E-state index is 13.1. The lowest BCUT2D eigenvalue weighted by atomic mass is 9.83. The number of hydrogen-bond donors (Lipinski definition) is 0. The van der Waals surface area contributed by atoms with E-state index in [-0.39, 0.29) is 30.7 Å². The van der Waals surface area contributed by atoms with Gasteiger partial charge >= 0.3 is 12.3 Å². The van der Waals surface area contributed by atoms with Crippen molar-refractivity contribution in [3.05, 3.63) is 0 Å². The minimum atomic E-state index is -3.98. The van der Waals surface area contributed by atoms with E-state index >= 15 is 0 Å². The van der Waals surface area contributed by atoms with Crippen LogP contribution in [0.25, 0.3) is 0 Å². The van der Waals surface area contributed by atoms with Gasteiger partial charge in [-0.3, -0.25) is 9.69 Å². The Morgan fingerprint density at radius 1 is 1.24 bits per heavy atom. The van der Waals surface area contributed by atoms with Gasteiger partial charge < -0.3 is 0 Å². The molecular weight excluding hydrogens is 238 g/mol. The molecule has 0 radical (unpaired) electrons. The smallest absolute Gasteiger partial charge is 0.300 e. The number of Topliss-reactive ketones (excluding diaryl/α,β-unsaturated/α-hetero) is 1. The molecule has 0 aromatic heterocycles. The van der Waals surface area contributed by atoms with E-state index in [2.05, 4.69) is 0 Å². The average molecular weight is 253 g/mol. The fraction of sp³-hybridized carbons (Fsp3) is 0.909. The van der Waals surface area contributed by atoms with Crippen LogP contribution in [0.3, 0.4) is 0 Å². The fourth-order valence-electron chi connectivity index (χ4n) is 2.84. The highest BCUT2D eigenvalue weighted by Crippen LogP contribution is 2.35. The molecule has 0 aromatic rings. The van der Waals surface area contributed by atoms with Gasteiger partial charge in [-0.15, -0.1) is 0 Å². The van der Waals surface area contributed by atoms with Crippen molar-refractivity contribution in [1.29, 1.82) is 0 Å². The predicted molar refractivity (Wildman–Crippen MR) is 53.3 cm³/mol. The zero-order valence-electron chi connectivity index (χ0n) is 9.34. The third-order valence-electron chi connectivity index (χ3n) is 3.65. The number of nitrogens with zero attached hydrogens (tertiary/aromatic N) is 1. The summed E-state index contributed by atoms with van der Waals surface area (Å²) in [5.41, 5.74) is 0. The van der Waals surface area contributed by atoms with Gasteiger partial charge in [0.15, 0.2) is 0 Å². The Hall–Kier alpha value is -0.650. The lowest BCUT2D eigenvalue weighted by molar-refractivity contribution is -0.162. The molecule has 6 heteroatoms. The van der Waals surface area contributed by atoms with Gasteiger partial charge in [0, 0.05) is 24.9 Å². The van der Waals surface area contributed by atoms with Gasteiger partial charge in [-0.2, -0.15) is 8.78 Å². The van der Waals surface area contributed by atoms with Crippen molar-refractivity contribution < 1.29 is 22.4 Å². The molecule has 2 aliphatic rings. The van der Waals surface area contributed by atoms with Crippen LogP contribution >= 0.6 is 0 Å². The van der Waals surface area contributed by atoms with Crippen molar-refractivity contribution in [2.75, 3.05) is 6.54 Å². The highest BCUT2D eigenvalue weighted by molar-refractivity contribution is 5.80. The van der Waals surface area contributed by atoms with Crippen molar-refractivity contribution >= 4 is 5.78 Å². The zero-order chi connectivity index (χ0) is 12.6. The summed E-state index contributed by atoms with van der Waals surface area (Å²) in [6.45, 7) is -0.923. The summed E-state index contributed by atoms with van der Waals surface area (Å²) < 4.78 is 50.5. The van der Waals surface area contributed by atoms with Gasteiger partial charge in [0.2, 0.25) is 0 Å². The number of carbonyl (C=O) groups is 1. The Morgan fingerprint density at radius 2 is 1.76 bits per heavy atom. The van der Waals surface area contributed by atoms with Crippen molar-refractivity contribution in [3.8, 4) is 0 Å². The van der Waals surface area contributed by atoms with Crippen molar-refractivity contribution in [1.82, 2.24) is 4.90 Å². The standard InChI is InChI=1S/C11H15F4NO/c12-10(13)11(14,15)6-16-7-2-1-3-8(16)5-9(17)4-7/h7-8,10H,1-6H2. The molecule has 2 aliphatic heterocycles. The van der Waals surface area contributed by atoms with Crippen LogP contribution in [0.5, 0.6) is 0 Å². The van der Waals surface area contributed by atoms with E-state index < -0.39 is 18.9 Å². The topological polar surface area (TPSA) is 20.3 Å². The molecule has 2 saturated heterocycles. The quantitative estimate of drug-likeness (QED) is 0.720. The first kappa shape index (κ1) is 12.8. The van der Waals surface area contributed by atoms with E-state index in [0.29, 0.717) is 12.8 Å². The first-order valence-electron chi connectivity index (χ1n) is 5.83. The summed E-state index contributed by atoms with van der Waals surface area (Å²) in [5, 5.41) is 0. The molecule has 0 N–H and O–H groups in total. The van der Waals surface area contributed by atoms with Crippen LogP contribution in [-0.2, 0) is 4.79 Å². The summed E-state index contributed by atoms with van der Waals surface area (Å²) in [6.07, 6.45) is -0.977. The zero-order valence-corrected chi connectivity index (χ0v) is 9.34. The summed E-state index contributed by atoms with van der Waals surface area (Å²) in [7, 11) is 0. The Labute approximate surface area is 97.0 Å². The molecular formula is C11H15F4NO. The van der Waals surface area contributed by atoms with Gasteiger partial charge in [0.1, 0.15) is 5.78 Å². The second-order valence-corrected chi connectivity index (χ2v) is 4.92. The molecule has 2 nitrogen and oxygen atoms in total. The number of fused-ring (bicyclic) bond motifs is 2. The number of hydrogen-bond acceptors (Lipinski definition) is 2. The monoisotopic (exact) mass is 253 g/mol. The van der Waals surface area contributed by atoms with Crippen LogP contribution < -0.4 is 0 Å². The van der Waals surface area contributed by atoms with Gasteiger partial charge in [0.25, 0.3) is 0 Å². The largest absolute Gasteiger partial charge is 0.319 e. The molecule has 0 aliphatic carbocycles. The predicted octanol–water partition coefficient (Wildman–Crippen LogP) is 2.47. The summed E-state index contributed by atoms with van der Waals surface area (Å²) >= 11 is 0. The van der Waals surface area contributed by atoms with E-state index in [1.165, 1.54) is 4.90 Å². The molecule has 98 valence electrons. The molecule has 0 spiro atoms. The molecule has 0 aromatic carbocycles. The van der Waals surface area contributed by atoms with Crippen molar-refractivity contribution in [3.63, 3.8) is 0 Å². The molecule has 2 unspecified atom stereocenters. The average Bonchev–Trinajstić information content (AvgIpc) is 2.18. The van der Waals surface area contributed by atoms with E-state index in [0.717, 1.165) is 6.42 Å². The third-order valence-corrected chi connectivity index (χ3v) is 3.65. The van der Waals surface area contributed by atoms with Gasteiger partial charge in [-0.1, -0.05) is 6.42 Å². The Balaban J connectivity index is 2.08. The van der Waals surface area contributed by atoms with Crippen LogP contribution in [0.2, 0.25) is 0 Å². The molecule has 2 heterocycles. The Morgan fingerprint density at radius 3 is 2.24 bits per heavy atom. The number of piperidine rings is 2. The second kappa shape index (κ2) is 4.55. The molecule has 0 saturated carbocycles.